The molecule has 0 saturated heterocycles. The van der Waals surface area contributed by atoms with Crippen LogP contribution in [0.4, 0.5) is 5.00 Å². The Hall–Kier alpha value is -1.98. The number of benzene rings is 1. The van der Waals surface area contributed by atoms with Gasteiger partial charge in [0.1, 0.15) is 5.00 Å². The molecule has 176 valence electrons. The second-order valence-electron chi connectivity index (χ2n) is 9.05. The van der Waals surface area contributed by atoms with Crippen molar-refractivity contribution in [1.29, 1.82) is 0 Å². The number of carbonyl (C=O) groups is 2. The summed E-state index contributed by atoms with van der Waals surface area (Å²) in [4.78, 5) is 26.2. The van der Waals surface area contributed by atoms with E-state index in [-0.39, 0.29) is 28.4 Å². The topological polar surface area (TPSA) is 122 Å². The van der Waals surface area contributed by atoms with Crippen LogP contribution >= 0.6 is 23.7 Å². The first-order valence-electron chi connectivity index (χ1n) is 9.75. The van der Waals surface area contributed by atoms with Crippen LogP contribution in [0.25, 0.3) is 0 Å². The van der Waals surface area contributed by atoms with Crippen LogP contribution in [0.2, 0.25) is 0 Å². The molecule has 8 nitrogen and oxygen atoms in total. The molecule has 2 heterocycles. The van der Waals surface area contributed by atoms with E-state index in [0.29, 0.717) is 17.0 Å². The summed E-state index contributed by atoms with van der Waals surface area (Å²) in [6.45, 7) is 8.18. The summed E-state index contributed by atoms with van der Waals surface area (Å²) in [5.41, 5.74) is 6.53. The smallest absolute Gasteiger partial charge is 0.256 e. The summed E-state index contributed by atoms with van der Waals surface area (Å²) < 4.78 is 25.5. The van der Waals surface area contributed by atoms with Gasteiger partial charge in [0, 0.05) is 35.6 Å². The summed E-state index contributed by atoms with van der Waals surface area (Å²) in [5, 5.41) is 6.77. The molecular formula is C21H29ClN4O4S2. The molecule has 2 amide bonds. The normalized spacial score (nSPS) is 16.7. The number of fused-ring (bicyclic) bond motifs is 1. The molecule has 32 heavy (non-hydrogen) atoms. The predicted molar refractivity (Wildman–Crippen MR) is 129 cm³/mol. The number of rotatable bonds is 5. The lowest BCUT2D eigenvalue weighted by Gasteiger charge is -2.42. The molecule has 11 heteroatoms. The minimum absolute atomic E-state index is 0. The molecule has 1 aromatic carbocycles. The minimum atomic E-state index is -3.59. The zero-order chi connectivity index (χ0) is 23.4. The van der Waals surface area contributed by atoms with Crippen molar-refractivity contribution >= 4 is 50.6 Å². The number of carbonyl (C=O) groups excluding carboxylic acids is 2. The summed E-state index contributed by atoms with van der Waals surface area (Å²) >= 11 is 1.33. The molecule has 0 fully saturated rings. The van der Waals surface area contributed by atoms with Crippen molar-refractivity contribution in [3.63, 3.8) is 0 Å². The van der Waals surface area contributed by atoms with Crippen LogP contribution in [0.1, 0.15) is 58.9 Å². The maximum atomic E-state index is 12.9. The Balaban J connectivity index is 0.00000363. The summed E-state index contributed by atoms with van der Waals surface area (Å²) in [6.07, 6.45) is 0.605. The molecule has 0 radical (unpaired) electrons. The average molecular weight is 501 g/mol. The van der Waals surface area contributed by atoms with Crippen LogP contribution in [0.15, 0.2) is 29.2 Å². The van der Waals surface area contributed by atoms with Gasteiger partial charge in [-0.05, 0) is 63.9 Å². The van der Waals surface area contributed by atoms with Crippen molar-refractivity contribution < 1.29 is 18.0 Å². The largest absolute Gasteiger partial charge is 0.365 e. The van der Waals surface area contributed by atoms with E-state index in [0.717, 1.165) is 14.7 Å². The van der Waals surface area contributed by atoms with Gasteiger partial charge in [0.15, 0.2) is 0 Å². The van der Waals surface area contributed by atoms with Crippen molar-refractivity contribution in [2.24, 2.45) is 5.73 Å². The Bertz CT molecular complexity index is 1150. The molecule has 1 aliphatic rings. The minimum Gasteiger partial charge on any atom is -0.365 e. The van der Waals surface area contributed by atoms with Crippen molar-refractivity contribution in [3.05, 3.63) is 45.8 Å². The monoisotopic (exact) mass is 500 g/mol. The maximum Gasteiger partial charge on any atom is 0.256 e. The first-order chi connectivity index (χ1) is 14.2. The van der Waals surface area contributed by atoms with E-state index in [2.05, 4.69) is 24.5 Å². The summed E-state index contributed by atoms with van der Waals surface area (Å²) in [5.74, 6) is -1.03. The quantitative estimate of drug-likeness (QED) is 0.582. The van der Waals surface area contributed by atoms with E-state index in [1.165, 1.54) is 49.7 Å². The van der Waals surface area contributed by atoms with E-state index in [1.54, 1.807) is 0 Å². The van der Waals surface area contributed by atoms with E-state index >= 15 is 0 Å². The zero-order valence-electron chi connectivity index (χ0n) is 18.9. The van der Waals surface area contributed by atoms with E-state index in [4.69, 9.17) is 5.73 Å². The van der Waals surface area contributed by atoms with Gasteiger partial charge in [-0.1, -0.05) is 0 Å². The number of nitrogens with zero attached hydrogens (tertiary/aromatic N) is 1. The second kappa shape index (κ2) is 8.75. The van der Waals surface area contributed by atoms with Gasteiger partial charge < -0.3 is 16.4 Å². The highest BCUT2D eigenvalue weighted by Crippen LogP contribution is 2.45. The van der Waals surface area contributed by atoms with Crippen molar-refractivity contribution in [3.8, 4) is 0 Å². The number of amides is 2. The van der Waals surface area contributed by atoms with Crippen LogP contribution in [-0.2, 0) is 22.0 Å². The van der Waals surface area contributed by atoms with Gasteiger partial charge in [-0.15, -0.1) is 23.7 Å². The van der Waals surface area contributed by atoms with Crippen LogP contribution in [-0.4, -0.2) is 44.2 Å². The van der Waals surface area contributed by atoms with Gasteiger partial charge in [-0.25, -0.2) is 12.7 Å². The lowest BCUT2D eigenvalue weighted by atomic mass is 9.81. The van der Waals surface area contributed by atoms with E-state index in [9.17, 15) is 18.0 Å². The number of hydrogen-bond donors (Lipinski definition) is 3. The fraction of sp³-hybridized carbons (Fsp3) is 0.429. The molecule has 0 unspecified atom stereocenters. The fourth-order valence-corrected chi connectivity index (χ4v) is 6.22. The molecule has 1 aromatic heterocycles. The van der Waals surface area contributed by atoms with Crippen molar-refractivity contribution in [1.82, 2.24) is 9.62 Å². The fourth-order valence-electron chi connectivity index (χ4n) is 4.04. The Morgan fingerprint density at radius 2 is 1.69 bits per heavy atom. The van der Waals surface area contributed by atoms with Gasteiger partial charge in [-0.2, -0.15) is 0 Å². The molecule has 4 N–H and O–H groups in total. The Kier molecular flexibility index (Phi) is 7.19. The second-order valence-corrected chi connectivity index (χ2v) is 12.2. The van der Waals surface area contributed by atoms with Crippen LogP contribution in [0, 0.1) is 0 Å². The number of anilines is 1. The molecule has 3 rings (SSSR count). The Morgan fingerprint density at radius 3 is 2.19 bits per heavy atom. The molecule has 0 aliphatic carbocycles. The highest BCUT2D eigenvalue weighted by molar-refractivity contribution is 7.89. The lowest BCUT2D eigenvalue weighted by molar-refractivity contribution is 0.0999. The molecular weight excluding hydrogens is 472 g/mol. The standard InChI is InChI=1S/C21H28N4O4S2.ClH/c1-20(2)11-14-15(17(22)26)19(30-16(14)21(3,4)24-20)23-18(27)12-7-9-13(10-8-12)31(28,29)25(5)6;/h7-10,24H,11H2,1-6H3,(H2,22,26)(H,23,27);1H. The average Bonchev–Trinajstić information content (AvgIpc) is 2.98. The predicted octanol–water partition coefficient (Wildman–Crippen LogP) is 2.93. The third-order valence-electron chi connectivity index (χ3n) is 5.21. The first-order valence-corrected chi connectivity index (χ1v) is 12.0. The molecule has 0 spiro atoms. The number of nitrogens with one attached hydrogen (secondary N) is 2. The number of primary amides is 1. The highest BCUT2D eigenvalue weighted by Gasteiger charge is 2.41. The number of sulfonamides is 1. The van der Waals surface area contributed by atoms with Crippen LogP contribution in [0.5, 0.6) is 0 Å². The molecule has 0 saturated carbocycles. The summed E-state index contributed by atoms with van der Waals surface area (Å²) in [6, 6.07) is 5.65. The zero-order valence-corrected chi connectivity index (χ0v) is 21.3. The number of thiophene rings is 1. The molecule has 0 atom stereocenters. The SMILES string of the molecule is CN(C)S(=O)(=O)c1ccc(C(=O)Nc2sc3c(c2C(N)=O)CC(C)(C)NC3(C)C)cc1.Cl. The first kappa shape index (κ1) is 26.3. The Morgan fingerprint density at radius 1 is 1.12 bits per heavy atom. The number of nitrogens with two attached hydrogens (primary N) is 1. The van der Waals surface area contributed by atoms with Gasteiger partial charge in [0.2, 0.25) is 10.0 Å². The number of halogens is 1. The third kappa shape index (κ3) is 4.84. The summed E-state index contributed by atoms with van der Waals surface area (Å²) in [7, 11) is -0.703. The highest BCUT2D eigenvalue weighted by atomic mass is 35.5. The van der Waals surface area contributed by atoms with Gasteiger partial charge >= 0.3 is 0 Å². The van der Waals surface area contributed by atoms with Crippen molar-refractivity contribution in [2.75, 3.05) is 19.4 Å². The van der Waals surface area contributed by atoms with Gasteiger partial charge in [-0.3, -0.25) is 9.59 Å². The van der Waals surface area contributed by atoms with Crippen molar-refractivity contribution in [2.45, 2.75) is 50.1 Å². The third-order valence-corrected chi connectivity index (χ3v) is 8.51. The molecule has 2 aromatic rings. The van der Waals surface area contributed by atoms with E-state index < -0.39 is 27.4 Å². The molecule has 0 bridgehead atoms. The molecule has 1 aliphatic heterocycles. The van der Waals surface area contributed by atoms with Crippen LogP contribution < -0.4 is 16.4 Å². The van der Waals surface area contributed by atoms with Gasteiger partial charge in [0.05, 0.1) is 10.5 Å². The maximum absolute atomic E-state index is 12.9. The van der Waals surface area contributed by atoms with E-state index in [1.807, 2.05) is 13.8 Å². The number of hydrogen-bond acceptors (Lipinski definition) is 6. The van der Waals surface area contributed by atoms with Crippen LogP contribution in [0.3, 0.4) is 0 Å². The lowest BCUT2D eigenvalue weighted by Crippen LogP contribution is -2.55. The Labute approximate surface area is 199 Å². The van der Waals surface area contributed by atoms with Gasteiger partial charge in [0.25, 0.3) is 11.8 Å².